The molecular formula is C20H17NO3. The van der Waals surface area contributed by atoms with Crippen molar-refractivity contribution in [2.45, 2.75) is 6.10 Å². The van der Waals surface area contributed by atoms with Crippen LogP contribution in [0.25, 0.3) is 10.8 Å². The first-order valence-electron chi connectivity index (χ1n) is 7.67. The molecule has 2 N–H and O–H groups in total. The minimum atomic E-state index is -0.784. The maximum Gasteiger partial charge on any atom is 0.251 e. The predicted molar refractivity (Wildman–Crippen MR) is 93.1 cm³/mol. The Kier molecular flexibility index (Phi) is 4.68. The first-order valence-corrected chi connectivity index (χ1v) is 7.67. The molecule has 0 aliphatic rings. The second kappa shape index (κ2) is 7.06. The lowest BCUT2D eigenvalue weighted by atomic mass is 10.0. The smallest absolute Gasteiger partial charge is 0.251 e. The van der Waals surface area contributed by atoms with Gasteiger partial charge < -0.3 is 10.4 Å². The molecular weight excluding hydrogens is 302 g/mol. The number of carbonyl (C=O) groups excluding carboxylic acids is 2. The molecule has 0 heterocycles. The van der Waals surface area contributed by atoms with Crippen molar-refractivity contribution in [2.24, 2.45) is 0 Å². The number of carbonyl (C=O) groups is 2. The Morgan fingerprint density at radius 2 is 1.71 bits per heavy atom. The number of fused-ring (bicyclic) bond motifs is 1. The molecule has 0 fully saturated rings. The number of aldehydes is 1. The van der Waals surface area contributed by atoms with Gasteiger partial charge in [-0.25, -0.2) is 0 Å². The van der Waals surface area contributed by atoms with E-state index in [1.807, 2.05) is 42.5 Å². The lowest BCUT2D eigenvalue weighted by Gasteiger charge is -2.13. The first-order chi connectivity index (χ1) is 11.7. The molecule has 0 saturated heterocycles. The summed E-state index contributed by atoms with van der Waals surface area (Å²) in [4.78, 5) is 22.7. The van der Waals surface area contributed by atoms with Crippen LogP contribution in [0.15, 0.2) is 66.7 Å². The van der Waals surface area contributed by atoms with Gasteiger partial charge in [-0.1, -0.05) is 48.5 Å². The van der Waals surface area contributed by atoms with Gasteiger partial charge in [0.15, 0.2) is 0 Å². The van der Waals surface area contributed by atoms with Gasteiger partial charge in [0.05, 0.1) is 6.10 Å². The molecule has 0 aliphatic heterocycles. The zero-order valence-electron chi connectivity index (χ0n) is 13.0. The van der Waals surface area contributed by atoms with E-state index in [0.29, 0.717) is 11.1 Å². The molecule has 1 atom stereocenters. The quantitative estimate of drug-likeness (QED) is 0.710. The summed E-state index contributed by atoms with van der Waals surface area (Å²) in [6, 6.07) is 20.0. The number of nitrogens with one attached hydrogen (secondary N) is 1. The first kappa shape index (κ1) is 15.9. The van der Waals surface area contributed by atoms with Crippen molar-refractivity contribution in [3.8, 4) is 0 Å². The van der Waals surface area contributed by atoms with Crippen LogP contribution in [0.5, 0.6) is 0 Å². The van der Waals surface area contributed by atoms with Crippen LogP contribution in [-0.4, -0.2) is 23.8 Å². The number of amides is 1. The van der Waals surface area contributed by atoms with Crippen LogP contribution in [0.2, 0.25) is 0 Å². The van der Waals surface area contributed by atoms with Crippen molar-refractivity contribution in [1.82, 2.24) is 5.32 Å². The van der Waals surface area contributed by atoms with E-state index in [9.17, 15) is 14.7 Å². The maximum absolute atomic E-state index is 12.1. The van der Waals surface area contributed by atoms with E-state index in [2.05, 4.69) is 5.32 Å². The Labute approximate surface area is 139 Å². The van der Waals surface area contributed by atoms with Gasteiger partial charge in [0, 0.05) is 17.7 Å². The fourth-order valence-electron chi connectivity index (χ4n) is 2.54. The van der Waals surface area contributed by atoms with Gasteiger partial charge in [-0.2, -0.15) is 0 Å². The number of hydrogen-bond donors (Lipinski definition) is 2. The zero-order valence-corrected chi connectivity index (χ0v) is 13.0. The molecule has 3 rings (SSSR count). The molecule has 24 heavy (non-hydrogen) atoms. The molecule has 120 valence electrons. The predicted octanol–water partition coefficient (Wildman–Crippen LogP) is 3.12. The van der Waals surface area contributed by atoms with Gasteiger partial charge >= 0.3 is 0 Å². The molecule has 0 radical (unpaired) electrons. The highest BCUT2D eigenvalue weighted by atomic mass is 16.3. The van der Waals surface area contributed by atoms with E-state index in [0.717, 1.165) is 22.6 Å². The molecule has 0 bridgehead atoms. The lowest BCUT2D eigenvalue weighted by molar-refractivity contribution is 0.0916. The summed E-state index contributed by atoms with van der Waals surface area (Å²) in [7, 11) is 0. The number of benzene rings is 3. The Bertz CT molecular complexity index is 871. The van der Waals surface area contributed by atoms with Gasteiger partial charge in [-0.15, -0.1) is 0 Å². The summed E-state index contributed by atoms with van der Waals surface area (Å²) in [6.07, 6.45) is -0.0571. The van der Waals surface area contributed by atoms with Gasteiger partial charge in [0.25, 0.3) is 5.91 Å². The van der Waals surface area contributed by atoms with E-state index in [-0.39, 0.29) is 12.5 Å². The largest absolute Gasteiger partial charge is 0.387 e. The van der Waals surface area contributed by atoms with Gasteiger partial charge in [-0.05, 0) is 34.5 Å². The van der Waals surface area contributed by atoms with Crippen LogP contribution in [0, 0.1) is 0 Å². The highest BCUT2D eigenvalue weighted by Gasteiger charge is 2.11. The van der Waals surface area contributed by atoms with E-state index in [1.165, 1.54) is 0 Å². The van der Waals surface area contributed by atoms with Crippen molar-refractivity contribution in [2.75, 3.05) is 6.54 Å². The third-order valence-corrected chi connectivity index (χ3v) is 3.92. The van der Waals surface area contributed by atoms with E-state index in [4.69, 9.17) is 0 Å². The number of rotatable bonds is 5. The normalized spacial score (nSPS) is 11.9. The van der Waals surface area contributed by atoms with Crippen LogP contribution in [-0.2, 0) is 0 Å². The number of hydrogen-bond acceptors (Lipinski definition) is 3. The third kappa shape index (κ3) is 3.50. The second-order valence-electron chi connectivity index (χ2n) is 5.57. The molecule has 1 unspecified atom stereocenters. The minimum absolute atomic E-state index is 0.118. The van der Waals surface area contributed by atoms with Crippen molar-refractivity contribution >= 4 is 23.0 Å². The monoisotopic (exact) mass is 319 g/mol. The molecule has 4 nitrogen and oxygen atoms in total. The average molecular weight is 319 g/mol. The third-order valence-electron chi connectivity index (χ3n) is 3.92. The fraction of sp³-hybridized carbons (Fsp3) is 0.100. The number of aliphatic hydroxyl groups is 1. The van der Waals surface area contributed by atoms with Crippen molar-refractivity contribution in [3.05, 3.63) is 83.4 Å². The molecule has 0 saturated carbocycles. The Morgan fingerprint density at radius 3 is 2.42 bits per heavy atom. The van der Waals surface area contributed by atoms with Crippen molar-refractivity contribution in [3.63, 3.8) is 0 Å². The summed E-state index contributed by atoms with van der Waals surface area (Å²) < 4.78 is 0. The van der Waals surface area contributed by atoms with E-state index >= 15 is 0 Å². The van der Waals surface area contributed by atoms with Crippen LogP contribution in [0.1, 0.15) is 32.4 Å². The van der Waals surface area contributed by atoms with Crippen LogP contribution < -0.4 is 5.32 Å². The van der Waals surface area contributed by atoms with Crippen molar-refractivity contribution < 1.29 is 14.7 Å². The standard InChI is InChI=1S/C20H17NO3/c22-13-14-5-7-16(8-6-14)20(24)21-12-19(23)18-10-9-15-3-1-2-4-17(15)11-18/h1-11,13,19,23H,12H2,(H,21,24). The van der Waals surface area contributed by atoms with Gasteiger partial charge in [-0.3, -0.25) is 9.59 Å². The van der Waals surface area contributed by atoms with E-state index < -0.39 is 6.10 Å². The SMILES string of the molecule is O=Cc1ccc(C(=O)NCC(O)c2ccc3ccccc3c2)cc1. The van der Waals surface area contributed by atoms with Crippen molar-refractivity contribution in [1.29, 1.82) is 0 Å². The minimum Gasteiger partial charge on any atom is -0.387 e. The zero-order chi connectivity index (χ0) is 16.9. The molecule has 0 aromatic heterocycles. The molecule has 0 aliphatic carbocycles. The topological polar surface area (TPSA) is 66.4 Å². The van der Waals surface area contributed by atoms with Gasteiger partial charge in [0.2, 0.25) is 0 Å². The summed E-state index contributed by atoms with van der Waals surface area (Å²) in [5.41, 5.74) is 1.72. The summed E-state index contributed by atoms with van der Waals surface area (Å²) in [5.74, 6) is -0.285. The van der Waals surface area contributed by atoms with Crippen LogP contribution in [0.4, 0.5) is 0 Å². The Hall–Kier alpha value is -2.98. The molecule has 0 spiro atoms. The molecule has 4 heteroatoms. The molecule has 3 aromatic rings. The van der Waals surface area contributed by atoms with Crippen LogP contribution in [0.3, 0.4) is 0 Å². The van der Waals surface area contributed by atoms with Gasteiger partial charge in [0.1, 0.15) is 6.29 Å². The fourth-order valence-corrected chi connectivity index (χ4v) is 2.54. The highest BCUT2D eigenvalue weighted by molar-refractivity contribution is 5.94. The second-order valence-corrected chi connectivity index (χ2v) is 5.57. The van der Waals surface area contributed by atoms with E-state index in [1.54, 1.807) is 24.3 Å². The number of aliphatic hydroxyl groups excluding tert-OH is 1. The van der Waals surface area contributed by atoms with Crippen LogP contribution >= 0.6 is 0 Å². The molecule has 1 amide bonds. The Balaban J connectivity index is 1.65. The summed E-state index contributed by atoms with van der Waals surface area (Å²) >= 11 is 0. The summed E-state index contributed by atoms with van der Waals surface area (Å²) in [6.45, 7) is 0.118. The Morgan fingerprint density at radius 1 is 1.00 bits per heavy atom. The molecule has 3 aromatic carbocycles. The maximum atomic E-state index is 12.1. The highest BCUT2D eigenvalue weighted by Crippen LogP contribution is 2.20. The summed E-state index contributed by atoms with van der Waals surface area (Å²) in [5, 5.41) is 15.2. The average Bonchev–Trinajstić information content (AvgIpc) is 2.65. The lowest BCUT2D eigenvalue weighted by Crippen LogP contribution is -2.28.